The average molecular weight is 230 g/mol. The second-order valence-corrected chi connectivity index (χ2v) is 7.75. The number of fused-ring (bicyclic) bond motifs is 1. The first kappa shape index (κ1) is 9.61. The summed E-state index contributed by atoms with van der Waals surface area (Å²) in [4.78, 5) is 0. The molecule has 0 aliphatic heterocycles. The zero-order valence-corrected chi connectivity index (χ0v) is 11.1. The van der Waals surface area contributed by atoms with Crippen molar-refractivity contribution < 1.29 is 4.74 Å². The highest BCUT2D eigenvalue weighted by atomic mass is 16.5. The molecule has 17 heavy (non-hydrogen) atoms. The van der Waals surface area contributed by atoms with Crippen LogP contribution in [0.5, 0.6) is 0 Å². The molecule has 5 aliphatic carbocycles. The highest BCUT2D eigenvalue weighted by molar-refractivity contribution is 5.54. The Balaban J connectivity index is 1.84. The van der Waals surface area contributed by atoms with E-state index in [9.17, 15) is 0 Å². The predicted octanol–water partition coefficient (Wildman–Crippen LogP) is 3.40. The molecule has 0 aromatic carbocycles. The average Bonchev–Trinajstić information content (AvgIpc) is 2.57. The third kappa shape index (κ3) is 0.607. The molecule has 0 saturated heterocycles. The van der Waals surface area contributed by atoms with Gasteiger partial charge in [0.1, 0.15) is 0 Å². The number of methoxy groups -OCH3 is 1. The number of rotatable bonds is 1. The molecule has 5 rings (SSSR count). The molecule has 2 unspecified atom stereocenters. The van der Waals surface area contributed by atoms with E-state index in [4.69, 9.17) is 4.74 Å². The molecule has 0 aromatic heterocycles. The van der Waals surface area contributed by atoms with Crippen molar-refractivity contribution >= 4 is 0 Å². The molecule has 4 fully saturated rings. The maximum Gasteiger partial charge on any atom is 0.0883 e. The van der Waals surface area contributed by atoms with Gasteiger partial charge in [-0.05, 0) is 42.9 Å². The molecule has 4 saturated carbocycles. The van der Waals surface area contributed by atoms with E-state index < -0.39 is 0 Å². The lowest BCUT2D eigenvalue weighted by atomic mass is 9.65. The maximum atomic E-state index is 6.23. The van der Waals surface area contributed by atoms with E-state index in [1.165, 1.54) is 25.7 Å². The van der Waals surface area contributed by atoms with Crippen LogP contribution >= 0.6 is 0 Å². The Hall–Kier alpha value is -0.300. The second-order valence-electron chi connectivity index (χ2n) is 7.75. The highest BCUT2D eigenvalue weighted by Crippen LogP contribution is 2.91. The summed E-state index contributed by atoms with van der Waals surface area (Å²) in [6, 6.07) is 0. The van der Waals surface area contributed by atoms with Crippen molar-refractivity contribution in [2.45, 2.75) is 45.1 Å². The van der Waals surface area contributed by atoms with Gasteiger partial charge in [0.25, 0.3) is 0 Å². The maximum absolute atomic E-state index is 6.23. The Morgan fingerprint density at radius 2 is 2.06 bits per heavy atom. The first-order valence-electron chi connectivity index (χ1n) is 7.38. The van der Waals surface area contributed by atoms with Crippen LogP contribution in [0.1, 0.15) is 39.5 Å². The molecule has 1 nitrogen and oxygen atoms in total. The zero-order chi connectivity index (χ0) is 11.6. The monoisotopic (exact) mass is 230 g/mol. The van der Waals surface area contributed by atoms with Crippen LogP contribution in [0.25, 0.3) is 0 Å². The van der Waals surface area contributed by atoms with Gasteiger partial charge in [-0.3, -0.25) is 0 Å². The van der Waals surface area contributed by atoms with Crippen molar-refractivity contribution in [3.8, 4) is 0 Å². The van der Waals surface area contributed by atoms with E-state index in [2.05, 4.69) is 19.9 Å². The predicted molar refractivity (Wildman–Crippen MR) is 66.5 cm³/mol. The summed E-state index contributed by atoms with van der Waals surface area (Å²) in [7, 11) is 1.99. The van der Waals surface area contributed by atoms with Crippen molar-refractivity contribution in [3.63, 3.8) is 0 Å². The second kappa shape index (κ2) is 2.27. The summed E-state index contributed by atoms with van der Waals surface area (Å²) < 4.78 is 6.23. The summed E-state index contributed by atoms with van der Waals surface area (Å²) in [5.41, 5.74) is 3.09. The van der Waals surface area contributed by atoms with Crippen LogP contribution in [0.3, 0.4) is 0 Å². The first-order valence-corrected chi connectivity index (χ1v) is 7.38. The lowest BCUT2D eigenvalue weighted by Gasteiger charge is -2.41. The number of ether oxygens (including phenoxy) is 1. The molecule has 0 bridgehead atoms. The molecule has 1 spiro atoms. The van der Waals surface area contributed by atoms with Gasteiger partial charge in [-0.25, -0.2) is 0 Å². The SMILES string of the molecule is CO[C@]12C3C=C4CC[C@@H]5CC[C@@H](C(C)(C)C31)[C@]452. The molecule has 92 valence electrons. The highest BCUT2D eigenvalue weighted by Gasteiger charge is 2.92. The van der Waals surface area contributed by atoms with Crippen LogP contribution in [-0.4, -0.2) is 12.7 Å². The van der Waals surface area contributed by atoms with Crippen molar-refractivity contribution in [3.05, 3.63) is 11.6 Å². The molecule has 5 aliphatic rings. The van der Waals surface area contributed by atoms with Crippen LogP contribution < -0.4 is 0 Å². The van der Waals surface area contributed by atoms with Crippen LogP contribution in [0, 0.1) is 34.5 Å². The lowest BCUT2D eigenvalue weighted by Crippen LogP contribution is -2.42. The fourth-order valence-electron chi connectivity index (χ4n) is 7.55. The van der Waals surface area contributed by atoms with Crippen molar-refractivity contribution in [1.29, 1.82) is 0 Å². The zero-order valence-electron chi connectivity index (χ0n) is 11.1. The Morgan fingerprint density at radius 3 is 2.82 bits per heavy atom. The van der Waals surface area contributed by atoms with E-state index in [1.54, 1.807) is 0 Å². The molecule has 0 N–H and O–H groups in total. The molecule has 0 aromatic rings. The third-order valence-electron chi connectivity index (χ3n) is 7.56. The summed E-state index contributed by atoms with van der Waals surface area (Å²) in [6.07, 6.45) is 8.41. The van der Waals surface area contributed by atoms with Gasteiger partial charge in [-0.1, -0.05) is 25.5 Å². The lowest BCUT2D eigenvalue weighted by molar-refractivity contribution is -0.0351. The standard InChI is InChI=1S/C16H22O/c1-14(2)12-7-6-9-4-5-10-8-11-13(14)16(11,17-3)15(9,10)12/h8-9,11-13H,4-7H2,1-3H3/t9-,11?,12+,13?,15-,16-/m1/s1. The Labute approximate surface area is 104 Å². The summed E-state index contributed by atoms with van der Waals surface area (Å²) in [6.45, 7) is 5.06. The van der Waals surface area contributed by atoms with Crippen LogP contribution in [0.15, 0.2) is 11.6 Å². The summed E-state index contributed by atoms with van der Waals surface area (Å²) >= 11 is 0. The Bertz CT molecular complexity index is 462. The molecule has 0 heterocycles. The van der Waals surface area contributed by atoms with Crippen LogP contribution in [0.4, 0.5) is 0 Å². The van der Waals surface area contributed by atoms with E-state index in [1.807, 2.05) is 12.7 Å². The largest absolute Gasteiger partial charge is 0.376 e. The van der Waals surface area contributed by atoms with Gasteiger partial charge in [0.05, 0.1) is 5.60 Å². The Morgan fingerprint density at radius 1 is 1.24 bits per heavy atom. The van der Waals surface area contributed by atoms with Gasteiger partial charge >= 0.3 is 0 Å². The van der Waals surface area contributed by atoms with Gasteiger partial charge in [0.2, 0.25) is 0 Å². The van der Waals surface area contributed by atoms with E-state index in [-0.39, 0.29) is 5.60 Å². The number of hydrogen-bond donors (Lipinski definition) is 0. The fraction of sp³-hybridized carbons (Fsp3) is 0.875. The molecule has 0 radical (unpaired) electrons. The van der Waals surface area contributed by atoms with Crippen molar-refractivity contribution in [2.24, 2.45) is 34.5 Å². The third-order valence-corrected chi connectivity index (χ3v) is 7.56. The van der Waals surface area contributed by atoms with E-state index in [0.717, 1.165) is 23.7 Å². The first-order chi connectivity index (χ1) is 8.11. The van der Waals surface area contributed by atoms with Gasteiger partial charge in [-0.2, -0.15) is 0 Å². The minimum atomic E-state index is 0.258. The molecular formula is C16H22O. The summed E-state index contributed by atoms with van der Waals surface area (Å²) in [5, 5.41) is 0. The van der Waals surface area contributed by atoms with Crippen molar-refractivity contribution in [1.82, 2.24) is 0 Å². The van der Waals surface area contributed by atoms with Crippen LogP contribution in [0.2, 0.25) is 0 Å². The normalized spacial score (nSPS) is 63.6. The molecule has 0 amide bonds. The van der Waals surface area contributed by atoms with Gasteiger partial charge in [0.15, 0.2) is 0 Å². The minimum absolute atomic E-state index is 0.258. The fourth-order valence-corrected chi connectivity index (χ4v) is 7.55. The smallest absolute Gasteiger partial charge is 0.0883 e. The van der Waals surface area contributed by atoms with Gasteiger partial charge < -0.3 is 4.74 Å². The summed E-state index contributed by atoms with van der Waals surface area (Å²) in [5.74, 6) is 3.47. The minimum Gasteiger partial charge on any atom is -0.376 e. The van der Waals surface area contributed by atoms with Crippen LogP contribution in [-0.2, 0) is 4.74 Å². The van der Waals surface area contributed by atoms with Crippen molar-refractivity contribution in [2.75, 3.05) is 7.11 Å². The molecule has 6 atom stereocenters. The Kier molecular flexibility index (Phi) is 1.28. The van der Waals surface area contributed by atoms with E-state index in [0.29, 0.717) is 10.8 Å². The van der Waals surface area contributed by atoms with Gasteiger partial charge in [-0.15, -0.1) is 0 Å². The topological polar surface area (TPSA) is 9.23 Å². The molecular weight excluding hydrogens is 208 g/mol. The molecule has 1 heteroatoms. The number of hydrogen-bond acceptors (Lipinski definition) is 1. The van der Waals surface area contributed by atoms with E-state index >= 15 is 0 Å². The quantitative estimate of drug-likeness (QED) is 0.627. The van der Waals surface area contributed by atoms with Gasteiger partial charge in [0, 0.05) is 24.4 Å².